The van der Waals surface area contributed by atoms with Gasteiger partial charge in [-0.05, 0) is 50.4 Å². The van der Waals surface area contributed by atoms with E-state index in [1.165, 1.54) is 19.5 Å². The van der Waals surface area contributed by atoms with Gasteiger partial charge in [0.25, 0.3) is 0 Å². The lowest BCUT2D eigenvalue weighted by atomic mass is 10.3. The molecule has 16 heavy (non-hydrogen) atoms. The molecule has 2 aliphatic rings. The minimum absolute atomic E-state index is 0.973. The Bertz CT molecular complexity index is 448. The molecule has 1 aromatic carbocycles. The number of nitrogens with zero attached hydrogens (tertiary/aromatic N) is 1. The van der Waals surface area contributed by atoms with E-state index >= 15 is 0 Å². The lowest BCUT2D eigenvalue weighted by Crippen LogP contribution is -2.10. The quantitative estimate of drug-likeness (QED) is 0.706. The van der Waals surface area contributed by atoms with Crippen molar-refractivity contribution in [2.75, 3.05) is 13.1 Å². The van der Waals surface area contributed by atoms with Gasteiger partial charge in [-0.3, -0.25) is 0 Å². The minimum atomic E-state index is 0.973. The highest BCUT2D eigenvalue weighted by Crippen LogP contribution is 2.40. The first-order valence-corrected chi connectivity index (χ1v) is 5.95. The fourth-order valence-electron chi connectivity index (χ4n) is 2.34. The molecule has 0 amide bonds. The molecule has 1 aromatic heterocycles. The van der Waals surface area contributed by atoms with E-state index in [1.807, 2.05) is 31.2 Å². The first kappa shape index (κ1) is 9.85. The topological polar surface area (TPSA) is 40.7 Å². The molecule has 1 aliphatic heterocycles. The van der Waals surface area contributed by atoms with Crippen molar-refractivity contribution in [3.8, 4) is 0 Å². The van der Waals surface area contributed by atoms with E-state index in [1.54, 1.807) is 0 Å². The van der Waals surface area contributed by atoms with E-state index in [2.05, 4.69) is 15.3 Å². The molecule has 0 spiro atoms. The predicted octanol–water partition coefficient (Wildman–Crippen LogP) is 2.10. The van der Waals surface area contributed by atoms with Crippen LogP contribution in [0.25, 0.3) is 11.0 Å². The largest absolute Gasteiger partial charge is 0.342 e. The van der Waals surface area contributed by atoms with Crippen molar-refractivity contribution >= 4 is 11.0 Å². The maximum atomic E-state index is 4.26. The number of aromatic nitrogens is 2. The molecule has 1 saturated heterocycles. The summed E-state index contributed by atoms with van der Waals surface area (Å²) in [6.07, 6.45) is 1.52. The van der Waals surface area contributed by atoms with Gasteiger partial charge >= 0.3 is 0 Å². The van der Waals surface area contributed by atoms with E-state index in [0.717, 1.165) is 28.7 Å². The number of para-hydroxylation sites is 2. The first-order chi connectivity index (χ1) is 7.83. The minimum Gasteiger partial charge on any atom is -0.342 e. The summed E-state index contributed by atoms with van der Waals surface area (Å²) in [5.74, 6) is 3.18. The maximum Gasteiger partial charge on any atom is 0.104 e. The van der Waals surface area contributed by atoms with Gasteiger partial charge in [0.2, 0.25) is 0 Å². The van der Waals surface area contributed by atoms with Crippen LogP contribution < -0.4 is 5.32 Å². The second kappa shape index (κ2) is 3.91. The lowest BCUT2D eigenvalue weighted by molar-refractivity contribution is 0.732. The lowest BCUT2D eigenvalue weighted by Gasteiger charge is -1.87. The Hall–Kier alpha value is -1.35. The number of hydrogen-bond donors (Lipinski definition) is 2. The molecule has 2 atom stereocenters. The Morgan fingerprint density at radius 1 is 1.19 bits per heavy atom. The Morgan fingerprint density at radius 3 is 2.50 bits per heavy atom. The van der Waals surface area contributed by atoms with Crippen LogP contribution in [0.4, 0.5) is 0 Å². The fourth-order valence-corrected chi connectivity index (χ4v) is 2.34. The van der Waals surface area contributed by atoms with E-state index in [0.29, 0.717) is 0 Å². The Morgan fingerprint density at radius 2 is 1.94 bits per heavy atom. The molecule has 3 nitrogen and oxygen atoms in total. The third-order valence-electron chi connectivity index (χ3n) is 3.39. The molecule has 0 radical (unpaired) electrons. The maximum absolute atomic E-state index is 4.26. The number of aromatic amines is 1. The van der Waals surface area contributed by atoms with Crippen molar-refractivity contribution < 1.29 is 0 Å². The van der Waals surface area contributed by atoms with Gasteiger partial charge in [-0.25, -0.2) is 4.98 Å². The smallest absolute Gasteiger partial charge is 0.104 e. The summed E-state index contributed by atoms with van der Waals surface area (Å²) >= 11 is 0. The number of benzene rings is 1. The molecule has 0 bridgehead atoms. The molecule has 3 heteroatoms. The van der Waals surface area contributed by atoms with Crippen molar-refractivity contribution in [3.63, 3.8) is 0 Å². The predicted molar refractivity (Wildman–Crippen MR) is 65.3 cm³/mol. The average Bonchev–Trinajstić information content (AvgIpc) is 2.74. The van der Waals surface area contributed by atoms with Gasteiger partial charge in [-0.1, -0.05) is 12.1 Å². The number of rotatable bonds is 0. The number of aryl methyl sites for hydroxylation is 1. The van der Waals surface area contributed by atoms with Crippen LogP contribution in [0.1, 0.15) is 12.2 Å². The number of fused-ring (bicyclic) bond motifs is 2. The second-order valence-corrected chi connectivity index (χ2v) is 4.75. The zero-order valence-electron chi connectivity index (χ0n) is 9.53. The highest BCUT2D eigenvalue weighted by atomic mass is 14.9. The second-order valence-electron chi connectivity index (χ2n) is 4.75. The summed E-state index contributed by atoms with van der Waals surface area (Å²) in [6.45, 7) is 4.58. The van der Waals surface area contributed by atoms with E-state index in [9.17, 15) is 0 Å². The van der Waals surface area contributed by atoms with Crippen LogP contribution in [-0.4, -0.2) is 23.1 Å². The summed E-state index contributed by atoms with van der Waals surface area (Å²) < 4.78 is 0. The number of hydrogen-bond acceptors (Lipinski definition) is 2. The molecule has 84 valence electrons. The molecule has 2 fully saturated rings. The average molecular weight is 215 g/mol. The summed E-state index contributed by atoms with van der Waals surface area (Å²) in [6, 6.07) is 8.01. The number of piperidine rings is 1. The van der Waals surface area contributed by atoms with Gasteiger partial charge in [0.05, 0.1) is 11.0 Å². The van der Waals surface area contributed by atoms with Crippen LogP contribution in [0.3, 0.4) is 0 Å². The summed E-state index contributed by atoms with van der Waals surface area (Å²) in [7, 11) is 0. The van der Waals surface area contributed by atoms with Gasteiger partial charge in [0.1, 0.15) is 5.82 Å². The van der Waals surface area contributed by atoms with Gasteiger partial charge in [0.15, 0.2) is 0 Å². The summed E-state index contributed by atoms with van der Waals surface area (Å²) in [5, 5.41) is 3.32. The molecule has 2 aromatic rings. The molecule has 2 heterocycles. The highest BCUT2D eigenvalue weighted by Gasteiger charge is 2.40. The highest BCUT2D eigenvalue weighted by molar-refractivity contribution is 5.74. The molecular weight excluding hydrogens is 198 g/mol. The Kier molecular flexibility index (Phi) is 2.40. The monoisotopic (exact) mass is 215 g/mol. The van der Waals surface area contributed by atoms with Crippen molar-refractivity contribution in [2.24, 2.45) is 11.8 Å². The molecule has 4 rings (SSSR count). The first-order valence-electron chi connectivity index (χ1n) is 5.95. The zero-order chi connectivity index (χ0) is 11.0. The van der Waals surface area contributed by atoms with Crippen LogP contribution in [-0.2, 0) is 0 Å². The van der Waals surface area contributed by atoms with Crippen molar-refractivity contribution in [2.45, 2.75) is 13.3 Å². The fraction of sp³-hybridized carbons (Fsp3) is 0.462. The van der Waals surface area contributed by atoms with Crippen molar-refractivity contribution in [1.29, 1.82) is 0 Å². The van der Waals surface area contributed by atoms with E-state index in [4.69, 9.17) is 0 Å². The summed E-state index contributed by atoms with van der Waals surface area (Å²) in [4.78, 5) is 7.40. The van der Waals surface area contributed by atoms with Gasteiger partial charge in [0, 0.05) is 0 Å². The number of imidazole rings is 1. The van der Waals surface area contributed by atoms with Crippen LogP contribution >= 0.6 is 0 Å². The van der Waals surface area contributed by atoms with Crippen LogP contribution in [0.2, 0.25) is 0 Å². The molecular formula is C13H17N3. The van der Waals surface area contributed by atoms with Crippen LogP contribution in [0.5, 0.6) is 0 Å². The van der Waals surface area contributed by atoms with Crippen molar-refractivity contribution in [1.82, 2.24) is 15.3 Å². The normalized spacial score (nSPS) is 26.1. The summed E-state index contributed by atoms with van der Waals surface area (Å²) in [5.41, 5.74) is 2.15. The molecule has 0 unspecified atom stereocenters. The molecule has 1 saturated carbocycles. The van der Waals surface area contributed by atoms with E-state index in [-0.39, 0.29) is 0 Å². The zero-order valence-corrected chi connectivity index (χ0v) is 9.53. The Balaban J connectivity index is 0.000000114. The van der Waals surface area contributed by atoms with Crippen molar-refractivity contribution in [3.05, 3.63) is 30.1 Å². The third kappa shape index (κ3) is 1.95. The number of nitrogens with one attached hydrogen (secondary N) is 2. The Labute approximate surface area is 95.3 Å². The van der Waals surface area contributed by atoms with E-state index < -0.39 is 0 Å². The van der Waals surface area contributed by atoms with Crippen LogP contribution in [0, 0.1) is 18.8 Å². The molecule has 1 aliphatic carbocycles. The standard InChI is InChI=1S/C8H8N2.C5H9N/c1-6-9-7-4-2-3-5-8(7)10-6;1-4-2-6-3-5(1)4/h2-5H,1H3,(H,9,10);4-6H,1-3H2/t;4-,5+. The van der Waals surface area contributed by atoms with Crippen LogP contribution in [0.15, 0.2) is 24.3 Å². The van der Waals surface area contributed by atoms with Gasteiger partial charge < -0.3 is 10.3 Å². The SMILES string of the molecule is C1NC[C@H]2C[C@@H]12.Cc1nc2ccccc2[nH]1. The molecule has 2 N–H and O–H groups in total. The van der Waals surface area contributed by atoms with Gasteiger partial charge in [-0.2, -0.15) is 0 Å². The third-order valence-corrected chi connectivity index (χ3v) is 3.39. The number of H-pyrrole nitrogens is 1. The van der Waals surface area contributed by atoms with Gasteiger partial charge in [-0.15, -0.1) is 0 Å².